The molecule has 0 aliphatic rings. The Hall–Kier alpha value is -3.55. The number of ether oxygens (including phenoxy) is 3. The predicted octanol–water partition coefficient (Wildman–Crippen LogP) is 4.47. The van der Waals surface area contributed by atoms with E-state index in [1.807, 2.05) is 62.4 Å². The summed E-state index contributed by atoms with van der Waals surface area (Å²) >= 11 is -1.20. The molecular formula is C30H43AlN2O8. The number of amides is 2. The van der Waals surface area contributed by atoms with Crippen LogP contribution in [-0.2, 0) is 40.4 Å². The lowest BCUT2D eigenvalue weighted by Crippen LogP contribution is -2.44. The second-order valence-corrected chi connectivity index (χ2v) is 13.2. The first-order valence-electron chi connectivity index (χ1n) is 13.3. The minimum absolute atomic E-state index is 0.187. The quantitative estimate of drug-likeness (QED) is 0.171. The molecular weight excluding hydrogens is 543 g/mol. The molecule has 0 bridgehead atoms. The Balaban J connectivity index is 0.000000410. The van der Waals surface area contributed by atoms with Gasteiger partial charge in [0.05, 0.1) is 0 Å². The minimum Gasteiger partial charge on any atom is -0.620 e. The lowest BCUT2D eigenvalue weighted by Gasteiger charge is -2.22. The number of carbonyl (C=O) groups is 4. The number of alkyl carbamates (subject to hydrolysis) is 2. The van der Waals surface area contributed by atoms with Crippen LogP contribution >= 0.6 is 0 Å². The zero-order chi connectivity index (χ0) is 31.1. The van der Waals surface area contributed by atoms with Gasteiger partial charge >= 0.3 is 27.7 Å². The fourth-order valence-corrected chi connectivity index (χ4v) is 4.38. The van der Waals surface area contributed by atoms with Gasteiger partial charge in [0.15, 0.2) is 6.23 Å². The van der Waals surface area contributed by atoms with E-state index < -0.39 is 45.2 Å². The molecule has 2 atom stereocenters. The van der Waals surface area contributed by atoms with Gasteiger partial charge in [-0.25, -0.2) is 9.59 Å². The van der Waals surface area contributed by atoms with Crippen molar-refractivity contribution in [2.24, 2.45) is 0 Å². The van der Waals surface area contributed by atoms with Crippen molar-refractivity contribution in [3.05, 3.63) is 70.8 Å². The highest BCUT2D eigenvalue weighted by atomic mass is 27.1. The number of nitrogens with one attached hydrogen (secondary N) is 2. The van der Waals surface area contributed by atoms with E-state index in [9.17, 15) is 19.2 Å². The van der Waals surface area contributed by atoms with Crippen molar-refractivity contribution >= 4 is 40.7 Å². The monoisotopic (exact) mass is 586 g/mol. The summed E-state index contributed by atoms with van der Waals surface area (Å²) in [7, 11) is 0. The molecule has 0 aromatic heterocycles. The van der Waals surface area contributed by atoms with Crippen LogP contribution in [0.2, 0.25) is 0 Å². The first-order valence-corrected chi connectivity index (χ1v) is 14.7. The molecule has 0 aliphatic heterocycles. The number of rotatable bonds is 11. The van der Waals surface area contributed by atoms with E-state index in [1.54, 1.807) is 41.5 Å². The zero-order valence-electron chi connectivity index (χ0n) is 25.3. The van der Waals surface area contributed by atoms with Gasteiger partial charge in [0.25, 0.3) is 12.9 Å². The molecule has 2 rings (SSSR count). The van der Waals surface area contributed by atoms with Crippen LogP contribution in [0.5, 0.6) is 0 Å². The topological polar surface area (TPSA) is 129 Å². The molecule has 2 aromatic rings. The van der Waals surface area contributed by atoms with Crippen LogP contribution in [-0.4, -0.2) is 63.0 Å². The average Bonchev–Trinajstić information content (AvgIpc) is 2.83. The first-order chi connectivity index (χ1) is 19.1. The minimum atomic E-state index is -1.20. The third kappa shape index (κ3) is 17.7. The Labute approximate surface area is 249 Å². The molecule has 0 fully saturated rings. The Morgan fingerprint density at radius 1 is 0.732 bits per heavy atom. The summed E-state index contributed by atoms with van der Waals surface area (Å²) in [5.74, 6) is 0. The van der Waals surface area contributed by atoms with E-state index >= 15 is 0 Å². The van der Waals surface area contributed by atoms with E-state index in [1.165, 1.54) is 5.56 Å². The maximum absolute atomic E-state index is 11.8. The van der Waals surface area contributed by atoms with Gasteiger partial charge in [-0.15, -0.1) is 0 Å². The smallest absolute Gasteiger partial charge is 0.548 e. The predicted molar refractivity (Wildman–Crippen MR) is 158 cm³/mol. The van der Waals surface area contributed by atoms with Crippen molar-refractivity contribution in [1.29, 1.82) is 0 Å². The second-order valence-electron chi connectivity index (χ2n) is 11.5. The van der Waals surface area contributed by atoms with Crippen LogP contribution in [0.15, 0.2) is 48.5 Å². The molecule has 0 saturated carbocycles. The molecule has 10 nitrogen and oxygen atoms in total. The maximum atomic E-state index is 11.8. The van der Waals surface area contributed by atoms with E-state index in [0.29, 0.717) is 25.8 Å². The van der Waals surface area contributed by atoms with Gasteiger partial charge in [0, 0.05) is 11.3 Å². The van der Waals surface area contributed by atoms with Gasteiger partial charge in [0.1, 0.15) is 11.2 Å². The van der Waals surface area contributed by atoms with Crippen molar-refractivity contribution in [3.8, 4) is 0 Å². The summed E-state index contributed by atoms with van der Waals surface area (Å²) in [5, 5.41) is 5.31. The molecule has 11 heteroatoms. The van der Waals surface area contributed by atoms with E-state index in [-0.39, 0.29) is 4.90 Å². The standard InChI is InChI=1S/C15H21NO4.C14H20NO2.CH2O2.Al.H/c1-11-5-7-12(8-6-11)9-13(19-10-17)16-14(18)20-15(2,3)4;1-11-5-7-12(8-6-11)9-10-15-13(16)17-14(2,3)4;2-1-3;;/h5-8,10,13H,9H2,1-4H3,(H,16,18);5-8,10H,9H2,1-4H3,(H,15,16);1H,(H,2,3);;/q;;;+1;/p-1/t13-;;;;/m1..../s1. The van der Waals surface area contributed by atoms with Crippen LogP contribution < -0.4 is 10.6 Å². The first kappa shape index (κ1) is 35.5. The van der Waals surface area contributed by atoms with Crippen molar-refractivity contribution in [3.63, 3.8) is 0 Å². The van der Waals surface area contributed by atoms with Gasteiger partial charge in [-0.1, -0.05) is 59.7 Å². The summed E-state index contributed by atoms with van der Waals surface area (Å²) in [4.78, 5) is 44.2. The summed E-state index contributed by atoms with van der Waals surface area (Å²) in [5.41, 5.74) is 3.21. The second kappa shape index (κ2) is 17.3. The van der Waals surface area contributed by atoms with Crippen LogP contribution in [0.25, 0.3) is 0 Å². The van der Waals surface area contributed by atoms with E-state index in [2.05, 4.69) is 10.6 Å². The van der Waals surface area contributed by atoms with Gasteiger partial charge < -0.3 is 23.3 Å². The van der Waals surface area contributed by atoms with Gasteiger partial charge in [-0.3, -0.25) is 14.9 Å². The lowest BCUT2D eigenvalue weighted by molar-refractivity contribution is -0.134. The van der Waals surface area contributed by atoms with E-state index in [4.69, 9.17) is 18.0 Å². The largest absolute Gasteiger partial charge is 0.620 e. The molecule has 0 spiro atoms. The number of benzene rings is 2. The Bertz CT molecular complexity index is 1090. The highest BCUT2D eigenvalue weighted by Crippen LogP contribution is 2.11. The molecule has 2 aromatic carbocycles. The van der Waals surface area contributed by atoms with Crippen molar-refractivity contribution < 1.29 is 37.2 Å². The molecule has 2 N–H and O–H groups in total. The van der Waals surface area contributed by atoms with Crippen LogP contribution in [0.1, 0.15) is 63.8 Å². The summed E-state index contributed by atoms with van der Waals surface area (Å²) < 4.78 is 20.1. The number of hydrogen-bond donors (Lipinski definition) is 2. The van der Waals surface area contributed by atoms with Gasteiger partial charge in [-0.2, -0.15) is 0 Å². The Morgan fingerprint density at radius 2 is 1.17 bits per heavy atom. The maximum Gasteiger partial charge on any atom is 0.548 e. The zero-order valence-corrected chi connectivity index (χ0v) is 26.7. The lowest BCUT2D eigenvalue weighted by atomic mass is 10.1. The molecule has 0 saturated heterocycles. The summed E-state index contributed by atoms with van der Waals surface area (Å²) in [6.07, 6.45) is -0.833. The molecule has 224 valence electrons. The average molecular weight is 587 g/mol. The molecule has 0 aliphatic carbocycles. The van der Waals surface area contributed by atoms with E-state index in [0.717, 1.165) is 16.7 Å². The van der Waals surface area contributed by atoms with Crippen LogP contribution in [0, 0.1) is 13.8 Å². The molecule has 41 heavy (non-hydrogen) atoms. The fourth-order valence-electron chi connectivity index (χ4n) is 3.37. The highest BCUT2D eigenvalue weighted by Gasteiger charge is 2.23. The highest BCUT2D eigenvalue weighted by molar-refractivity contribution is 6.32. The third-order valence-electron chi connectivity index (χ3n) is 5.13. The molecule has 0 heterocycles. The third-order valence-corrected chi connectivity index (χ3v) is 6.35. The molecule has 0 radical (unpaired) electrons. The van der Waals surface area contributed by atoms with Gasteiger partial charge in [-0.05, 0) is 72.9 Å². The SMILES string of the molecule is Cc1ccc(C[C@H](NC(=O)OC(C)(C)C)OC=O)cc1.Cc1ccc(C[C@H](NC(=O)OC(C)(C)C)[AlH][O]C=O)cc1. The Kier molecular flexibility index (Phi) is 15.0. The molecule has 0 unspecified atom stereocenters. The number of carbonyl (C=O) groups excluding carboxylic acids is 4. The van der Waals surface area contributed by atoms with Crippen molar-refractivity contribution in [2.75, 3.05) is 0 Å². The van der Waals surface area contributed by atoms with Crippen molar-refractivity contribution in [2.45, 2.75) is 90.6 Å². The fraction of sp³-hybridized carbons (Fsp3) is 0.467. The molecule has 2 amide bonds. The number of aryl methyl sites for hydroxylation is 2. The normalized spacial score (nSPS) is 12.3. The van der Waals surface area contributed by atoms with Crippen LogP contribution in [0.3, 0.4) is 0 Å². The van der Waals surface area contributed by atoms with Crippen LogP contribution in [0.4, 0.5) is 9.59 Å². The summed E-state index contributed by atoms with van der Waals surface area (Å²) in [6, 6.07) is 15.8. The number of hydrogen-bond acceptors (Lipinski definition) is 8. The van der Waals surface area contributed by atoms with Crippen molar-refractivity contribution in [1.82, 2.24) is 10.6 Å². The summed E-state index contributed by atoms with van der Waals surface area (Å²) in [6.45, 7) is 15.5. The van der Waals surface area contributed by atoms with Gasteiger partial charge in [0.2, 0.25) is 0 Å². The Morgan fingerprint density at radius 3 is 1.59 bits per heavy atom.